The van der Waals surface area contributed by atoms with Gasteiger partial charge < -0.3 is 14.6 Å². The summed E-state index contributed by atoms with van der Waals surface area (Å²) >= 11 is 6.39. The largest absolute Gasteiger partial charge is 0.507 e. The molecular weight excluding hydrogens is 454 g/mol. The fourth-order valence-corrected chi connectivity index (χ4v) is 4.23. The number of aryl methyl sites for hydroxylation is 1. The molecule has 1 amide bonds. The number of carbonyl (C=O) groups excluding carboxylic acids is 2. The van der Waals surface area contributed by atoms with Gasteiger partial charge in [0.2, 0.25) is 0 Å². The molecule has 4 rings (SSSR count). The molecule has 1 aliphatic heterocycles. The number of ketones is 1. The second-order valence-electron chi connectivity index (χ2n) is 7.86. The van der Waals surface area contributed by atoms with Gasteiger partial charge in [-0.2, -0.15) is 0 Å². The van der Waals surface area contributed by atoms with Gasteiger partial charge in [-0.25, -0.2) is 0 Å². The van der Waals surface area contributed by atoms with Crippen LogP contribution in [-0.2, 0) is 9.59 Å². The van der Waals surface area contributed by atoms with Crippen molar-refractivity contribution in [1.29, 1.82) is 0 Å². The number of aliphatic hydroxyl groups is 1. The third-order valence-electron chi connectivity index (χ3n) is 5.67. The van der Waals surface area contributed by atoms with Gasteiger partial charge in [-0.3, -0.25) is 14.5 Å². The second kappa shape index (κ2) is 9.61. The van der Waals surface area contributed by atoms with Gasteiger partial charge in [0.05, 0.1) is 30.4 Å². The van der Waals surface area contributed by atoms with E-state index in [1.807, 2.05) is 26.0 Å². The normalized spacial score (nSPS) is 17.2. The summed E-state index contributed by atoms with van der Waals surface area (Å²) in [5, 5.41) is 11.6. The van der Waals surface area contributed by atoms with Gasteiger partial charge in [0, 0.05) is 11.3 Å². The minimum absolute atomic E-state index is 0.0608. The molecule has 0 bridgehead atoms. The zero-order valence-corrected chi connectivity index (χ0v) is 19.8. The maximum absolute atomic E-state index is 13.3. The van der Waals surface area contributed by atoms with Crippen LogP contribution < -0.4 is 14.4 Å². The molecule has 1 atom stereocenters. The summed E-state index contributed by atoms with van der Waals surface area (Å²) in [5.74, 6) is -0.867. The molecule has 3 aromatic carbocycles. The number of benzene rings is 3. The molecule has 1 N–H and O–H groups in total. The Morgan fingerprint density at radius 2 is 1.76 bits per heavy atom. The van der Waals surface area contributed by atoms with Crippen molar-refractivity contribution in [1.82, 2.24) is 0 Å². The van der Waals surface area contributed by atoms with Crippen LogP contribution in [0.5, 0.6) is 11.5 Å². The van der Waals surface area contributed by atoms with Gasteiger partial charge in [0.15, 0.2) is 0 Å². The molecule has 0 saturated carbocycles. The highest BCUT2D eigenvalue weighted by Crippen LogP contribution is 2.44. The summed E-state index contributed by atoms with van der Waals surface area (Å²) in [5.41, 5.74) is 2.31. The number of Topliss-reactive ketones (excluding diaryl/α,β-unsaturated/α-hetero) is 1. The Kier molecular flexibility index (Phi) is 6.61. The molecule has 1 saturated heterocycles. The Morgan fingerprint density at radius 3 is 2.44 bits per heavy atom. The van der Waals surface area contributed by atoms with Crippen molar-refractivity contribution in [3.63, 3.8) is 0 Å². The van der Waals surface area contributed by atoms with Crippen LogP contribution in [0.3, 0.4) is 0 Å². The number of ether oxygens (including phenoxy) is 2. The van der Waals surface area contributed by atoms with Crippen molar-refractivity contribution in [3.05, 3.63) is 94.0 Å². The first-order valence-corrected chi connectivity index (χ1v) is 11.2. The van der Waals surface area contributed by atoms with E-state index in [-0.39, 0.29) is 21.9 Å². The molecule has 1 unspecified atom stereocenters. The number of aliphatic hydroxyl groups excluding tert-OH is 1. The Bertz CT molecular complexity index is 1280. The molecule has 0 aromatic heterocycles. The third kappa shape index (κ3) is 4.24. The van der Waals surface area contributed by atoms with E-state index < -0.39 is 17.7 Å². The fraction of sp³-hybridized carbons (Fsp3) is 0.185. The van der Waals surface area contributed by atoms with Crippen LogP contribution in [-0.4, -0.2) is 30.5 Å². The molecule has 0 radical (unpaired) electrons. The lowest BCUT2D eigenvalue weighted by Gasteiger charge is -2.26. The number of hydrogen-bond acceptors (Lipinski definition) is 5. The minimum Gasteiger partial charge on any atom is -0.507 e. The van der Waals surface area contributed by atoms with Crippen molar-refractivity contribution in [2.24, 2.45) is 0 Å². The molecule has 0 aliphatic carbocycles. The lowest BCUT2D eigenvalue weighted by atomic mass is 9.94. The highest BCUT2D eigenvalue weighted by atomic mass is 35.5. The van der Waals surface area contributed by atoms with Crippen molar-refractivity contribution in [2.75, 3.05) is 18.6 Å². The number of nitrogens with zero attached hydrogens (tertiary/aromatic N) is 1. The van der Waals surface area contributed by atoms with E-state index in [1.54, 1.807) is 54.6 Å². The maximum Gasteiger partial charge on any atom is 0.300 e. The van der Waals surface area contributed by atoms with Gasteiger partial charge in [0.1, 0.15) is 17.3 Å². The van der Waals surface area contributed by atoms with E-state index in [1.165, 1.54) is 12.0 Å². The first-order valence-electron chi connectivity index (χ1n) is 10.8. The molecule has 1 aliphatic rings. The molecule has 7 heteroatoms. The van der Waals surface area contributed by atoms with Crippen LogP contribution in [0.25, 0.3) is 5.76 Å². The zero-order chi connectivity index (χ0) is 24.4. The molecule has 1 fully saturated rings. The number of methoxy groups -OCH3 is 1. The van der Waals surface area contributed by atoms with E-state index in [0.717, 1.165) is 5.56 Å². The Morgan fingerprint density at radius 1 is 1.03 bits per heavy atom. The average molecular weight is 478 g/mol. The van der Waals surface area contributed by atoms with Crippen LogP contribution in [0.4, 0.5) is 5.69 Å². The highest BCUT2D eigenvalue weighted by Gasteiger charge is 2.47. The van der Waals surface area contributed by atoms with E-state index in [0.29, 0.717) is 29.4 Å². The molecule has 3 aromatic rings. The molecular formula is C27H24ClNO5. The Labute approximate surface area is 203 Å². The maximum atomic E-state index is 13.3. The van der Waals surface area contributed by atoms with Gasteiger partial charge in [0.25, 0.3) is 11.7 Å². The lowest BCUT2D eigenvalue weighted by Crippen LogP contribution is -2.29. The number of rotatable bonds is 6. The molecule has 0 spiro atoms. The number of hydrogen-bond donors (Lipinski definition) is 1. The van der Waals surface area contributed by atoms with Gasteiger partial charge >= 0.3 is 0 Å². The summed E-state index contributed by atoms with van der Waals surface area (Å²) in [4.78, 5) is 28.0. The fourth-order valence-electron chi connectivity index (χ4n) is 4.02. The SMILES string of the molecule is CCOc1ccc(Cl)c(/C(O)=C2\C(=O)C(=O)N(c3ccc(C)cc3)C2c2cccc(OC)c2)c1. The Hall–Kier alpha value is -3.77. The van der Waals surface area contributed by atoms with Crippen LogP contribution in [0.15, 0.2) is 72.3 Å². The molecule has 6 nitrogen and oxygen atoms in total. The van der Waals surface area contributed by atoms with Crippen LogP contribution in [0, 0.1) is 6.92 Å². The standard InChI is InChI=1S/C27H24ClNO5/c1-4-34-20-12-13-22(28)21(15-20)25(30)23-24(17-6-5-7-19(14-17)33-3)29(27(32)26(23)31)18-10-8-16(2)9-11-18/h5-15,24,30H,4H2,1-3H3/b25-23+. The number of anilines is 1. The summed E-state index contributed by atoms with van der Waals surface area (Å²) in [6, 6.07) is 18.3. The van der Waals surface area contributed by atoms with E-state index in [9.17, 15) is 14.7 Å². The van der Waals surface area contributed by atoms with Crippen LogP contribution in [0.2, 0.25) is 5.02 Å². The van der Waals surface area contributed by atoms with E-state index in [2.05, 4.69) is 0 Å². The van der Waals surface area contributed by atoms with Crippen LogP contribution in [0.1, 0.15) is 29.7 Å². The quantitative estimate of drug-likeness (QED) is 0.281. The van der Waals surface area contributed by atoms with Crippen molar-refractivity contribution in [3.8, 4) is 11.5 Å². The molecule has 34 heavy (non-hydrogen) atoms. The highest BCUT2D eigenvalue weighted by molar-refractivity contribution is 6.52. The predicted molar refractivity (Wildman–Crippen MR) is 132 cm³/mol. The van der Waals surface area contributed by atoms with Gasteiger partial charge in [-0.05, 0) is 61.9 Å². The average Bonchev–Trinajstić information content (AvgIpc) is 3.11. The van der Waals surface area contributed by atoms with Crippen molar-refractivity contribution < 1.29 is 24.2 Å². The number of halogens is 1. The van der Waals surface area contributed by atoms with Crippen molar-refractivity contribution in [2.45, 2.75) is 19.9 Å². The Balaban J connectivity index is 1.96. The van der Waals surface area contributed by atoms with Gasteiger partial charge in [-0.1, -0.05) is 41.4 Å². The molecule has 1 heterocycles. The summed E-state index contributed by atoms with van der Waals surface area (Å²) in [6.45, 7) is 4.19. The number of amides is 1. The summed E-state index contributed by atoms with van der Waals surface area (Å²) in [7, 11) is 1.54. The smallest absolute Gasteiger partial charge is 0.300 e. The lowest BCUT2D eigenvalue weighted by molar-refractivity contribution is -0.132. The van der Waals surface area contributed by atoms with Gasteiger partial charge in [-0.15, -0.1) is 0 Å². The number of carbonyl (C=O) groups is 2. The zero-order valence-electron chi connectivity index (χ0n) is 19.0. The third-order valence-corrected chi connectivity index (χ3v) is 6.00. The van der Waals surface area contributed by atoms with Crippen LogP contribution >= 0.6 is 11.6 Å². The molecule has 174 valence electrons. The summed E-state index contributed by atoms with van der Waals surface area (Å²) < 4.78 is 10.9. The van der Waals surface area contributed by atoms with E-state index in [4.69, 9.17) is 21.1 Å². The van der Waals surface area contributed by atoms with Crippen molar-refractivity contribution >= 4 is 34.7 Å². The van der Waals surface area contributed by atoms with E-state index >= 15 is 0 Å². The second-order valence-corrected chi connectivity index (χ2v) is 8.26. The summed E-state index contributed by atoms with van der Waals surface area (Å²) in [6.07, 6.45) is 0. The predicted octanol–water partition coefficient (Wildman–Crippen LogP) is 5.68. The first-order chi connectivity index (χ1) is 16.3. The topological polar surface area (TPSA) is 76.1 Å². The minimum atomic E-state index is -0.885. The first kappa shape index (κ1) is 23.4. The monoisotopic (exact) mass is 477 g/mol.